The molecule has 1 aliphatic heterocycles. The second kappa shape index (κ2) is 6.11. The van der Waals surface area contributed by atoms with Crippen LogP contribution in [0.2, 0.25) is 0 Å². The van der Waals surface area contributed by atoms with Crippen LogP contribution in [0.3, 0.4) is 0 Å². The Hall–Kier alpha value is -0.120. The lowest BCUT2D eigenvalue weighted by Crippen LogP contribution is -2.62. The third-order valence-electron chi connectivity index (χ3n) is 5.50. The van der Waals surface area contributed by atoms with Crippen LogP contribution < -0.4 is 5.32 Å². The molecule has 3 aliphatic rings. The number of piperazine rings is 1. The number of nitrogens with one attached hydrogen (secondary N) is 1. The SMILES string of the molecule is CC1CNC2(CCCC2)CN1CCOC1CCCC1. The van der Waals surface area contributed by atoms with Crippen molar-refractivity contribution in [1.29, 1.82) is 0 Å². The van der Waals surface area contributed by atoms with Crippen LogP contribution in [-0.4, -0.2) is 48.8 Å². The summed E-state index contributed by atoms with van der Waals surface area (Å²) >= 11 is 0. The molecular formula is C16H30N2O. The second-order valence-electron chi connectivity index (χ2n) is 6.97. The van der Waals surface area contributed by atoms with Crippen LogP contribution in [-0.2, 0) is 4.74 Å². The maximum atomic E-state index is 6.04. The summed E-state index contributed by atoms with van der Waals surface area (Å²) in [6, 6.07) is 0.665. The molecular weight excluding hydrogens is 236 g/mol. The largest absolute Gasteiger partial charge is 0.377 e. The Balaban J connectivity index is 1.45. The zero-order valence-electron chi connectivity index (χ0n) is 12.5. The van der Waals surface area contributed by atoms with Gasteiger partial charge in [0.2, 0.25) is 0 Å². The van der Waals surface area contributed by atoms with Gasteiger partial charge in [-0.2, -0.15) is 0 Å². The Labute approximate surface area is 118 Å². The molecule has 0 bridgehead atoms. The van der Waals surface area contributed by atoms with Crippen LogP contribution in [0.1, 0.15) is 58.3 Å². The third kappa shape index (κ3) is 3.32. The van der Waals surface area contributed by atoms with Gasteiger partial charge in [-0.25, -0.2) is 0 Å². The number of ether oxygens (including phenoxy) is 1. The Morgan fingerprint density at radius 2 is 1.89 bits per heavy atom. The van der Waals surface area contributed by atoms with Gasteiger partial charge in [0.15, 0.2) is 0 Å². The fourth-order valence-electron chi connectivity index (χ4n) is 4.17. The summed E-state index contributed by atoms with van der Waals surface area (Å²) in [5.74, 6) is 0. The van der Waals surface area contributed by atoms with Crippen LogP contribution in [0.4, 0.5) is 0 Å². The topological polar surface area (TPSA) is 24.5 Å². The van der Waals surface area contributed by atoms with E-state index in [1.54, 1.807) is 0 Å². The van der Waals surface area contributed by atoms with Crippen molar-refractivity contribution in [3.63, 3.8) is 0 Å². The van der Waals surface area contributed by atoms with Crippen LogP contribution >= 0.6 is 0 Å². The van der Waals surface area contributed by atoms with Gasteiger partial charge >= 0.3 is 0 Å². The Bertz CT molecular complexity index is 282. The monoisotopic (exact) mass is 266 g/mol. The molecule has 0 aromatic carbocycles. The lowest BCUT2D eigenvalue weighted by Gasteiger charge is -2.45. The molecule has 0 aromatic heterocycles. The van der Waals surface area contributed by atoms with E-state index in [-0.39, 0.29) is 0 Å². The molecule has 110 valence electrons. The molecule has 1 heterocycles. The van der Waals surface area contributed by atoms with Gasteiger partial charge in [-0.05, 0) is 32.6 Å². The summed E-state index contributed by atoms with van der Waals surface area (Å²) in [6.07, 6.45) is 11.5. The van der Waals surface area contributed by atoms with E-state index < -0.39 is 0 Å². The highest BCUT2D eigenvalue weighted by Crippen LogP contribution is 2.33. The first-order chi connectivity index (χ1) is 9.27. The van der Waals surface area contributed by atoms with E-state index in [1.165, 1.54) is 57.9 Å². The van der Waals surface area contributed by atoms with Gasteiger partial charge in [-0.3, -0.25) is 4.90 Å². The van der Waals surface area contributed by atoms with Crippen LogP contribution in [0.25, 0.3) is 0 Å². The molecule has 3 heteroatoms. The maximum Gasteiger partial charge on any atom is 0.0597 e. The molecule has 1 spiro atoms. The molecule has 2 saturated carbocycles. The molecule has 0 amide bonds. The highest BCUT2D eigenvalue weighted by atomic mass is 16.5. The van der Waals surface area contributed by atoms with E-state index in [4.69, 9.17) is 4.74 Å². The van der Waals surface area contributed by atoms with Gasteiger partial charge in [-0.1, -0.05) is 25.7 Å². The highest BCUT2D eigenvalue weighted by Gasteiger charge is 2.39. The Morgan fingerprint density at radius 3 is 2.63 bits per heavy atom. The lowest BCUT2D eigenvalue weighted by atomic mass is 9.92. The summed E-state index contributed by atoms with van der Waals surface area (Å²) in [4.78, 5) is 2.66. The number of nitrogens with zero attached hydrogens (tertiary/aromatic N) is 1. The summed E-state index contributed by atoms with van der Waals surface area (Å²) in [5, 5.41) is 3.82. The molecule has 3 nitrogen and oxygen atoms in total. The van der Waals surface area contributed by atoms with Crippen molar-refractivity contribution in [2.75, 3.05) is 26.2 Å². The van der Waals surface area contributed by atoms with Crippen molar-refractivity contribution in [2.45, 2.75) is 76.0 Å². The standard InChI is InChI=1S/C16H30N2O/c1-14-12-17-16(8-4-5-9-16)13-18(14)10-11-19-15-6-2-3-7-15/h14-15,17H,2-13H2,1H3. The van der Waals surface area contributed by atoms with Crippen LogP contribution in [0.15, 0.2) is 0 Å². The molecule has 1 saturated heterocycles. The quantitative estimate of drug-likeness (QED) is 0.846. The zero-order valence-corrected chi connectivity index (χ0v) is 12.5. The first kappa shape index (κ1) is 13.8. The molecule has 2 aliphatic carbocycles. The number of hydrogen-bond acceptors (Lipinski definition) is 3. The summed E-state index contributed by atoms with van der Waals surface area (Å²) in [5.41, 5.74) is 0.444. The normalized spacial score (nSPS) is 32.4. The van der Waals surface area contributed by atoms with Crippen molar-refractivity contribution in [3.05, 3.63) is 0 Å². The molecule has 3 fully saturated rings. The first-order valence-electron chi connectivity index (χ1n) is 8.38. The van der Waals surface area contributed by atoms with Crippen LogP contribution in [0, 0.1) is 0 Å². The van der Waals surface area contributed by atoms with E-state index in [2.05, 4.69) is 17.1 Å². The molecule has 1 unspecified atom stereocenters. The minimum atomic E-state index is 0.444. The summed E-state index contributed by atoms with van der Waals surface area (Å²) < 4.78 is 6.04. The smallest absolute Gasteiger partial charge is 0.0597 e. The van der Waals surface area contributed by atoms with Crippen LogP contribution in [0.5, 0.6) is 0 Å². The molecule has 0 radical (unpaired) electrons. The molecule has 3 rings (SSSR count). The average Bonchev–Trinajstić information content (AvgIpc) is 3.06. The van der Waals surface area contributed by atoms with Gasteiger partial charge in [-0.15, -0.1) is 0 Å². The van der Waals surface area contributed by atoms with E-state index >= 15 is 0 Å². The van der Waals surface area contributed by atoms with Crippen molar-refractivity contribution in [3.8, 4) is 0 Å². The van der Waals surface area contributed by atoms with Gasteiger partial charge < -0.3 is 10.1 Å². The predicted octanol–water partition coefficient (Wildman–Crippen LogP) is 2.55. The molecule has 0 aromatic rings. The average molecular weight is 266 g/mol. The lowest BCUT2D eigenvalue weighted by molar-refractivity contribution is 0.0154. The van der Waals surface area contributed by atoms with Crippen molar-refractivity contribution >= 4 is 0 Å². The van der Waals surface area contributed by atoms with Gasteiger partial charge in [0.05, 0.1) is 12.7 Å². The fourth-order valence-corrected chi connectivity index (χ4v) is 4.17. The van der Waals surface area contributed by atoms with Crippen molar-refractivity contribution in [1.82, 2.24) is 10.2 Å². The predicted molar refractivity (Wildman–Crippen MR) is 78.4 cm³/mol. The molecule has 19 heavy (non-hydrogen) atoms. The maximum absolute atomic E-state index is 6.04. The van der Waals surface area contributed by atoms with Crippen molar-refractivity contribution in [2.24, 2.45) is 0 Å². The number of hydrogen-bond donors (Lipinski definition) is 1. The highest BCUT2D eigenvalue weighted by molar-refractivity contribution is 5.00. The van der Waals surface area contributed by atoms with Gasteiger partial charge in [0.1, 0.15) is 0 Å². The van der Waals surface area contributed by atoms with E-state index in [0.29, 0.717) is 17.7 Å². The minimum Gasteiger partial charge on any atom is -0.377 e. The third-order valence-corrected chi connectivity index (χ3v) is 5.50. The van der Waals surface area contributed by atoms with Gasteiger partial charge in [0.25, 0.3) is 0 Å². The van der Waals surface area contributed by atoms with E-state index in [0.717, 1.165) is 19.7 Å². The van der Waals surface area contributed by atoms with E-state index in [9.17, 15) is 0 Å². The Morgan fingerprint density at radius 1 is 1.16 bits per heavy atom. The zero-order chi connectivity index (χ0) is 13.1. The fraction of sp³-hybridized carbons (Fsp3) is 1.00. The molecule has 1 atom stereocenters. The van der Waals surface area contributed by atoms with Gasteiger partial charge in [0, 0.05) is 31.2 Å². The molecule has 1 N–H and O–H groups in total. The second-order valence-corrected chi connectivity index (χ2v) is 6.97. The first-order valence-corrected chi connectivity index (χ1v) is 8.38. The van der Waals surface area contributed by atoms with Crippen molar-refractivity contribution < 1.29 is 4.74 Å². The Kier molecular flexibility index (Phi) is 4.45. The minimum absolute atomic E-state index is 0.444. The summed E-state index contributed by atoms with van der Waals surface area (Å²) in [7, 11) is 0. The van der Waals surface area contributed by atoms with E-state index in [1.807, 2.05) is 0 Å². The summed E-state index contributed by atoms with van der Waals surface area (Å²) in [6.45, 7) is 6.81. The number of rotatable bonds is 4.